The molecular formula is C16H29BrN4O4. The van der Waals surface area contributed by atoms with E-state index in [4.69, 9.17) is 9.47 Å². The molecule has 8 nitrogen and oxygen atoms in total. The highest BCUT2D eigenvalue weighted by Gasteiger charge is 2.26. The number of hydrogen-bond donors (Lipinski definition) is 1. The lowest BCUT2D eigenvalue weighted by molar-refractivity contribution is -0.0293. The molecule has 1 heterocycles. The van der Waals surface area contributed by atoms with Gasteiger partial charge in [-0.25, -0.2) is 14.9 Å². The van der Waals surface area contributed by atoms with Gasteiger partial charge in [0.05, 0.1) is 19.8 Å². The topological polar surface area (TPSA) is 77.8 Å². The van der Waals surface area contributed by atoms with Gasteiger partial charge in [0.2, 0.25) is 0 Å². The number of amides is 1. The van der Waals surface area contributed by atoms with Gasteiger partial charge in [-0.2, -0.15) is 0 Å². The van der Waals surface area contributed by atoms with Gasteiger partial charge in [0, 0.05) is 31.5 Å². The molecule has 1 rings (SSSR count). The van der Waals surface area contributed by atoms with E-state index in [1.165, 1.54) is 6.34 Å². The van der Waals surface area contributed by atoms with Gasteiger partial charge >= 0.3 is 6.09 Å². The molecule has 1 aliphatic rings. The Bertz CT molecular complexity index is 460. The van der Waals surface area contributed by atoms with Crippen molar-refractivity contribution in [2.24, 2.45) is 4.99 Å². The molecule has 1 N–H and O–H groups in total. The Balaban J connectivity index is 2.32. The Morgan fingerprint density at radius 1 is 1.28 bits per heavy atom. The van der Waals surface area contributed by atoms with E-state index in [0.717, 1.165) is 10.4 Å². The van der Waals surface area contributed by atoms with Crippen LogP contribution >= 0.6 is 15.9 Å². The zero-order valence-corrected chi connectivity index (χ0v) is 16.9. The van der Waals surface area contributed by atoms with Crippen molar-refractivity contribution >= 4 is 28.4 Å². The highest BCUT2D eigenvalue weighted by atomic mass is 79.9. The normalized spacial score (nSPS) is 15.6. The molecule has 0 aromatic rings. The molecule has 1 saturated heterocycles. The summed E-state index contributed by atoms with van der Waals surface area (Å²) in [6.07, 6.45) is 1.02. The fourth-order valence-electron chi connectivity index (χ4n) is 2.06. The number of hydroxylamine groups is 2. The number of nitrogens with zero attached hydrogens (tertiary/aromatic N) is 4. The Hall–Kier alpha value is -1.32. The van der Waals surface area contributed by atoms with Crippen molar-refractivity contribution in [3.8, 4) is 0 Å². The second-order valence-corrected chi connectivity index (χ2v) is 7.37. The Morgan fingerprint density at radius 3 is 2.44 bits per heavy atom. The van der Waals surface area contributed by atoms with Crippen LogP contribution in [0.15, 0.2) is 17.4 Å². The first-order valence-electron chi connectivity index (χ1n) is 8.28. The largest absolute Gasteiger partial charge is 0.444 e. The van der Waals surface area contributed by atoms with E-state index in [2.05, 4.69) is 27.5 Å². The molecule has 0 unspecified atom stereocenters. The van der Waals surface area contributed by atoms with E-state index in [9.17, 15) is 10.0 Å². The van der Waals surface area contributed by atoms with Crippen LogP contribution in [0, 0.1) is 0 Å². The highest BCUT2D eigenvalue weighted by molar-refractivity contribution is 9.09. The zero-order chi connectivity index (χ0) is 18.9. The fraction of sp³-hybridized carbons (Fsp3) is 0.750. The first kappa shape index (κ1) is 21.7. The molecule has 25 heavy (non-hydrogen) atoms. The van der Waals surface area contributed by atoms with Gasteiger partial charge in [-0.15, -0.1) is 0 Å². The molecule has 1 amide bonds. The molecule has 0 atom stereocenters. The number of ether oxygens (including phenoxy) is 2. The summed E-state index contributed by atoms with van der Waals surface area (Å²) in [6.45, 7) is 13.1. The lowest BCUT2D eigenvalue weighted by atomic mass is 10.2. The number of piperazine rings is 1. The maximum absolute atomic E-state index is 12.0. The summed E-state index contributed by atoms with van der Waals surface area (Å²) in [5.74, 6) is 0.546. The minimum Gasteiger partial charge on any atom is -0.444 e. The van der Waals surface area contributed by atoms with Crippen LogP contribution in [0.3, 0.4) is 0 Å². The van der Waals surface area contributed by atoms with Crippen molar-refractivity contribution in [2.45, 2.75) is 26.4 Å². The van der Waals surface area contributed by atoms with Crippen LogP contribution in [0.4, 0.5) is 4.79 Å². The summed E-state index contributed by atoms with van der Waals surface area (Å²) >= 11 is 3.26. The lowest BCUT2D eigenvalue weighted by Crippen LogP contribution is -2.49. The summed E-state index contributed by atoms with van der Waals surface area (Å²) < 4.78 is 10.6. The first-order valence-corrected chi connectivity index (χ1v) is 9.40. The van der Waals surface area contributed by atoms with Gasteiger partial charge in [0.1, 0.15) is 17.8 Å². The van der Waals surface area contributed by atoms with Crippen LogP contribution in [-0.4, -0.2) is 89.4 Å². The number of alkyl halides is 1. The summed E-state index contributed by atoms with van der Waals surface area (Å²) in [7, 11) is 0. The minimum atomic E-state index is -0.495. The SMILES string of the molecule is C=C(/N=C\N(O)CCOCCBr)N1CCN(C(=O)OC(C)(C)C)CC1. The molecule has 1 fully saturated rings. The number of aliphatic imine (C=N–C) groups is 1. The smallest absolute Gasteiger partial charge is 0.410 e. The van der Waals surface area contributed by atoms with Crippen molar-refractivity contribution < 1.29 is 19.5 Å². The number of carbonyl (C=O) groups excluding carboxylic acids is 1. The van der Waals surface area contributed by atoms with Crippen molar-refractivity contribution in [3.05, 3.63) is 12.4 Å². The molecule has 0 radical (unpaired) electrons. The number of hydrogen-bond acceptors (Lipinski definition) is 6. The average molecular weight is 421 g/mol. The number of carbonyl (C=O) groups is 1. The van der Waals surface area contributed by atoms with E-state index in [0.29, 0.717) is 51.8 Å². The second-order valence-electron chi connectivity index (χ2n) is 6.58. The van der Waals surface area contributed by atoms with Gasteiger partial charge in [0.25, 0.3) is 0 Å². The van der Waals surface area contributed by atoms with Crippen molar-refractivity contribution in [2.75, 3.05) is 51.3 Å². The molecule has 9 heteroatoms. The van der Waals surface area contributed by atoms with E-state index in [1.807, 2.05) is 25.7 Å². The Labute approximate surface area is 158 Å². The van der Waals surface area contributed by atoms with E-state index in [-0.39, 0.29) is 6.09 Å². The Kier molecular flexibility index (Phi) is 9.23. The monoisotopic (exact) mass is 420 g/mol. The molecular weight excluding hydrogens is 392 g/mol. The molecule has 0 aliphatic carbocycles. The lowest BCUT2D eigenvalue weighted by Gasteiger charge is -2.36. The minimum absolute atomic E-state index is 0.300. The van der Waals surface area contributed by atoms with Crippen molar-refractivity contribution in [1.29, 1.82) is 0 Å². The van der Waals surface area contributed by atoms with Crippen molar-refractivity contribution in [1.82, 2.24) is 14.9 Å². The molecule has 0 spiro atoms. The van der Waals surface area contributed by atoms with Crippen LogP contribution in [-0.2, 0) is 9.47 Å². The third-order valence-electron chi connectivity index (χ3n) is 3.32. The highest BCUT2D eigenvalue weighted by Crippen LogP contribution is 2.13. The Morgan fingerprint density at radius 2 is 1.88 bits per heavy atom. The third-order valence-corrected chi connectivity index (χ3v) is 3.65. The quantitative estimate of drug-likeness (QED) is 0.213. The molecule has 0 aromatic heterocycles. The summed E-state index contributed by atoms with van der Waals surface area (Å²) in [4.78, 5) is 19.8. The fourth-order valence-corrected chi connectivity index (χ4v) is 2.29. The predicted molar refractivity (Wildman–Crippen MR) is 100 cm³/mol. The van der Waals surface area contributed by atoms with E-state index < -0.39 is 5.60 Å². The van der Waals surface area contributed by atoms with Crippen LogP contribution in [0.5, 0.6) is 0 Å². The third kappa shape index (κ3) is 9.08. The van der Waals surface area contributed by atoms with Gasteiger partial charge in [0.15, 0.2) is 0 Å². The molecule has 0 aromatic carbocycles. The van der Waals surface area contributed by atoms with Crippen molar-refractivity contribution in [3.63, 3.8) is 0 Å². The molecule has 144 valence electrons. The molecule has 1 aliphatic heterocycles. The first-order chi connectivity index (χ1) is 11.7. The van der Waals surface area contributed by atoms with Crippen LogP contribution in [0.25, 0.3) is 0 Å². The van der Waals surface area contributed by atoms with Gasteiger partial charge < -0.3 is 19.3 Å². The van der Waals surface area contributed by atoms with E-state index in [1.54, 1.807) is 4.90 Å². The summed E-state index contributed by atoms with van der Waals surface area (Å²) in [5.41, 5.74) is -0.495. The summed E-state index contributed by atoms with van der Waals surface area (Å²) in [5, 5.41) is 11.4. The standard InChI is InChI=1S/C16H29BrN4O4/c1-14(18-13-21(23)10-12-24-11-5-17)19-6-8-20(9-7-19)15(22)25-16(2,3)4/h13,23H,1,5-12H2,2-4H3/b18-13-. The van der Waals surface area contributed by atoms with Gasteiger partial charge in [-0.3, -0.25) is 5.21 Å². The van der Waals surface area contributed by atoms with Crippen LogP contribution in [0.1, 0.15) is 20.8 Å². The number of halogens is 1. The second kappa shape index (κ2) is 10.6. The average Bonchev–Trinajstić information content (AvgIpc) is 2.55. The molecule has 0 saturated carbocycles. The predicted octanol–water partition coefficient (Wildman–Crippen LogP) is 2.14. The van der Waals surface area contributed by atoms with Crippen LogP contribution < -0.4 is 0 Å². The zero-order valence-electron chi connectivity index (χ0n) is 15.3. The van der Waals surface area contributed by atoms with Crippen LogP contribution in [0.2, 0.25) is 0 Å². The maximum atomic E-state index is 12.0. The van der Waals surface area contributed by atoms with Gasteiger partial charge in [-0.1, -0.05) is 22.5 Å². The van der Waals surface area contributed by atoms with Gasteiger partial charge in [-0.05, 0) is 20.8 Å². The number of rotatable bonds is 8. The van der Waals surface area contributed by atoms with E-state index >= 15 is 0 Å². The molecule has 0 bridgehead atoms. The summed E-state index contributed by atoms with van der Waals surface area (Å²) in [6, 6.07) is 0. The maximum Gasteiger partial charge on any atom is 0.410 e.